The Bertz CT molecular complexity index is 651. The highest BCUT2D eigenvalue weighted by Crippen LogP contribution is 2.36. The number of nitrogens with one attached hydrogen (secondary N) is 1. The van der Waals surface area contributed by atoms with Gasteiger partial charge in [0.2, 0.25) is 0 Å². The van der Waals surface area contributed by atoms with E-state index in [2.05, 4.69) is 5.32 Å². The predicted octanol–water partition coefficient (Wildman–Crippen LogP) is 3.02. The second kappa shape index (κ2) is 7.61. The molecule has 1 aromatic carbocycles. The number of hydrogen-bond acceptors (Lipinski definition) is 4. The first-order valence-electron chi connectivity index (χ1n) is 6.85. The topological polar surface area (TPSA) is 75.6 Å². The summed E-state index contributed by atoms with van der Waals surface area (Å²) in [5.41, 5.74) is 1.02. The Kier molecular flexibility index (Phi) is 5.55. The van der Waals surface area contributed by atoms with E-state index in [9.17, 15) is 9.59 Å². The largest absolute Gasteiger partial charge is 0.495 e. The van der Waals surface area contributed by atoms with Crippen LogP contribution in [-0.4, -0.2) is 30.6 Å². The van der Waals surface area contributed by atoms with Crippen LogP contribution in [-0.2, 0) is 4.79 Å². The van der Waals surface area contributed by atoms with Crippen molar-refractivity contribution in [2.45, 2.75) is 12.8 Å². The van der Waals surface area contributed by atoms with Gasteiger partial charge in [-0.3, -0.25) is 9.59 Å². The van der Waals surface area contributed by atoms with Crippen molar-refractivity contribution in [1.29, 1.82) is 0 Å². The number of ether oxygens (including phenoxy) is 1. The molecule has 1 aromatic heterocycles. The maximum absolute atomic E-state index is 12.2. The van der Waals surface area contributed by atoms with Gasteiger partial charge >= 0.3 is 5.97 Å². The van der Waals surface area contributed by atoms with Gasteiger partial charge in [0, 0.05) is 17.8 Å². The van der Waals surface area contributed by atoms with E-state index in [4.69, 9.17) is 9.84 Å². The lowest BCUT2D eigenvalue weighted by Gasteiger charge is -2.04. The quantitative estimate of drug-likeness (QED) is 0.769. The number of amides is 1. The molecule has 116 valence electrons. The first-order valence-corrected chi connectivity index (χ1v) is 7.66. The van der Waals surface area contributed by atoms with E-state index >= 15 is 0 Å². The van der Waals surface area contributed by atoms with Crippen molar-refractivity contribution in [3.8, 4) is 16.2 Å². The lowest BCUT2D eigenvalue weighted by Crippen LogP contribution is -2.24. The smallest absolute Gasteiger partial charge is 0.303 e. The highest BCUT2D eigenvalue weighted by Gasteiger charge is 2.17. The zero-order valence-electron chi connectivity index (χ0n) is 12.2. The third-order valence-electron chi connectivity index (χ3n) is 3.04. The van der Waals surface area contributed by atoms with Gasteiger partial charge in [-0.2, -0.15) is 0 Å². The SMILES string of the molecule is COc1cc(-c2ccccc2)sc1C(=O)NCCCC(=O)O. The second-order valence-corrected chi connectivity index (χ2v) is 5.68. The van der Waals surface area contributed by atoms with Crippen LogP contribution < -0.4 is 10.1 Å². The molecule has 0 fully saturated rings. The molecule has 5 nitrogen and oxygen atoms in total. The minimum atomic E-state index is -0.866. The molecule has 6 heteroatoms. The summed E-state index contributed by atoms with van der Waals surface area (Å²) in [6, 6.07) is 11.6. The Morgan fingerprint density at radius 3 is 2.64 bits per heavy atom. The number of benzene rings is 1. The van der Waals surface area contributed by atoms with Crippen LogP contribution in [0.4, 0.5) is 0 Å². The van der Waals surface area contributed by atoms with Crippen molar-refractivity contribution in [2.24, 2.45) is 0 Å². The third kappa shape index (κ3) is 4.08. The van der Waals surface area contributed by atoms with Gasteiger partial charge in [-0.1, -0.05) is 30.3 Å². The van der Waals surface area contributed by atoms with Crippen LogP contribution >= 0.6 is 11.3 Å². The molecule has 0 saturated carbocycles. The van der Waals surface area contributed by atoms with E-state index < -0.39 is 5.97 Å². The Balaban J connectivity index is 2.08. The second-order valence-electron chi connectivity index (χ2n) is 4.63. The first kappa shape index (κ1) is 16.0. The van der Waals surface area contributed by atoms with E-state index in [1.165, 1.54) is 18.4 Å². The predicted molar refractivity (Wildman–Crippen MR) is 85.5 cm³/mol. The van der Waals surface area contributed by atoms with E-state index in [0.717, 1.165) is 10.4 Å². The molecule has 0 radical (unpaired) electrons. The molecule has 2 aromatic rings. The van der Waals surface area contributed by atoms with Crippen molar-refractivity contribution in [3.05, 3.63) is 41.3 Å². The summed E-state index contributed by atoms with van der Waals surface area (Å²) in [6.45, 7) is 0.326. The fourth-order valence-corrected chi connectivity index (χ4v) is 3.00. The number of carboxylic acid groups (broad SMARTS) is 1. The van der Waals surface area contributed by atoms with Crippen LogP contribution in [0, 0.1) is 0 Å². The Hall–Kier alpha value is -2.34. The molecule has 1 amide bonds. The molecule has 0 spiro atoms. The van der Waals surface area contributed by atoms with Crippen LogP contribution in [0.5, 0.6) is 5.75 Å². The Morgan fingerprint density at radius 2 is 2.00 bits per heavy atom. The van der Waals surface area contributed by atoms with Gasteiger partial charge in [0.05, 0.1) is 7.11 Å². The maximum atomic E-state index is 12.2. The number of carbonyl (C=O) groups excluding carboxylic acids is 1. The van der Waals surface area contributed by atoms with Crippen molar-refractivity contribution in [3.63, 3.8) is 0 Å². The fraction of sp³-hybridized carbons (Fsp3) is 0.250. The van der Waals surface area contributed by atoms with Crippen molar-refractivity contribution < 1.29 is 19.4 Å². The van der Waals surface area contributed by atoms with E-state index in [0.29, 0.717) is 23.6 Å². The summed E-state index contributed by atoms with van der Waals surface area (Å²) >= 11 is 1.36. The summed E-state index contributed by atoms with van der Waals surface area (Å²) in [5.74, 6) is -0.580. The van der Waals surface area contributed by atoms with Gasteiger partial charge in [0.25, 0.3) is 5.91 Å². The standard InChI is InChI=1S/C16H17NO4S/c1-21-12-10-13(11-6-3-2-4-7-11)22-15(12)16(20)17-9-5-8-14(18)19/h2-4,6-7,10H,5,8-9H2,1H3,(H,17,20)(H,18,19). The number of hydrogen-bond donors (Lipinski definition) is 2. The highest BCUT2D eigenvalue weighted by molar-refractivity contribution is 7.17. The number of rotatable bonds is 7. The van der Waals surface area contributed by atoms with E-state index in [1.54, 1.807) is 0 Å². The Morgan fingerprint density at radius 1 is 1.27 bits per heavy atom. The molecular formula is C16H17NO4S. The van der Waals surface area contributed by atoms with Crippen LogP contribution in [0.3, 0.4) is 0 Å². The van der Waals surface area contributed by atoms with Crippen LogP contribution in [0.15, 0.2) is 36.4 Å². The molecule has 2 N–H and O–H groups in total. The van der Waals surface area contributed by atoms with Gasteiger partial charge in [0.1, 0.15) is 10.6 Å². The normalized spacial score (nSPS) is 10.2. The van der Waals surface area contributed by atoms with Gasteiger partial charge < -0.3 is 15.2 Å². The fourth-order valence-electron chi connectivity index (χ4n) is 1.95. The van der Waals surface area contributed by atoms with Crippen LogP contribution in [0.2, 0.25) is 0 Å². The highest BCUT2D eigenvalue weighted by atomic mass is 32.1. The van der Waals surface area contributed by atoms with Crippen molar-refractivity contribution in [2.75, 3.05) is 13.7 Å². The molecular weight excluding hydrogens is 302 g/mol. The summed E-state index contributed by atoms with van der Waals surface area (Å²) in [4.78, 5) is 24.1. The summed E-state index contributed by atoms with van der Waals surface area (Å²) in [5, 5.41) is 11.3. The summed E-state index contributed by atoms with van der Waals surface area (Å²) in [6.07, 6.45) is 0.442. The average Bonchev–Trinajstić information content (AvgIpc) is 2.96. The molecule has 0 unspecified atom stereocenters. The maximum Gasteiger partial charge on any atom is 0.303 e. The van der Waals surface area contributed by atoms with Gasteiger partial charge in [0.15, 0.2) is 0 Å². The number of thiophene rings is 1. The molecule has 1 heterocycles. The van der Waals surface area contributed by atoms with E-state index in [1.807, 2.05) is 36.4 Å². The number of methoxy groups -OCH3 is 1. The van der Waals surface area contributed by atoms with Crippen molar-refractivity contribution >= 4 is 23.2 Å². The lowest BCUT2D eigenvalue weighted by atomic mass is 10.2. The van der Waals surface area contributed by atoms with Gasteiger partial charge in [-0.05, 0) is 18.1 Å². The van der Waals surface area contributed by atoms with Crippen LogP contribution in [0.1, 0.15) is 22.5 Å². The molecule has 0 atom stereocenters. The molecule has 0 bridgehead atoms. The molecule has 0 saturated heterocycles. The zero-order chi connectivity index (χ0) is 15.9. The third-order valence-corrected chi connectivity index (χ3v) is 4.20. The first-order chi connectivity index (χ1) is 10.6. The molecule has 0 aliphatic heterocycles. The minimum Gasteiger partial charge on any atom is -0.495 e. The molecule has 2 rings (SSSR count). The Labute approximate surface area is 132 Å². The monoisotopic (exact) mass is 319 g/mol. The van der Waals surface area contributed by atoms with Crippen LogP contribution in [0.25, 0.3) is 10.4 Å². The van der Waals surface area contributed by atoms with Gasteiger partial charge in [-0.25, -0.2) is 0 Å². The lowest BCUT2D eigenvalue weighted by molar-refractivity contribution is -0.137. The minimum absolute atomic E-state index is 0.0388. The van der Waals surface area contributed by atoms with E-state index in [-0.39, 0.29) is 12.3 Å². The summed E-state index contributed by atoms with van der Waals surface area (Å²) in [7, 11) is 1.53. The average molecular weight is 319 g/mol. The zero-order valence-corrected chi connectivity index (χ0v) is 13.0. The number of carboxylic acids is 1. The van der Waals surface area contributed by atoms with Crippen molar-refractivity contribution in [1.82, 2.24) is 5.32 Å². The summed E-state index contributed by atoms with van der Waals surface area (Å²) < 4.78 is 5.27. The molecule has 22 heavy (non-hydrogen) atoms. The number of carbonyl (C=O) groups is 2. The molecule has 0 aliphatic carbocycles. The number of aliphatic carboxylic acids is 1. The molecule has 0 aliphatic rings. The van der Waals surface area contributed by atoms with Gasteiger partial charge in [-0.15, -0.1) is 11.3 Å².